The Bertz CT molecular complexity index is 1490. The molecule has 392 valence electrons. The van der Waals surface area contributed by atoms with E-state index >= 15 is 0 Å². The van der Waals surface area contributed by atoms with Gasteiger partial charge in [-0.05, 0) is 89.9 Å². The summed E-state index contributed by atoms with van der Waals surface area (Å²) in [6.45, 7) is 3.52. The molecule has 1 heterocycles. The van der Waals surface area contributed by atoms with Crippen LogP contribution < -0.4 is 5.32 Å². The molecular weight excluding hydrogens is 863 g/mol. The number of carbonyl (C=O) groups is 1. The van der Waals surface area contributed by atoms with E-state index in [1.54, 1.807) is 6.08 Å². The van der Waals surface area contributed by atoms with Gasteiger partial charge in [-0.25, -0.2) is 0 Å². The van der Waals surface area contributed by atoms with Crippen LogP contribution in [0.2, 0.25) is 0 Å². The minimum absolute atomic E-state index is 0.191. The fourth-order valence-corrected chi connectivity index (χ4v) is 7.74. The number of ether oxygens (including phenoxy) is 2. The first-order valence-electron chi connectivity index (χ1n) is 27.3. The maximum absolute atomic E-state index is 12.9. The number of unbranched alkanes of at least 4 members (excludes halogenated alkanes) is 16. The van der Waals surface area contributed by atoms with Crippen LogP contribution in [0, 0.1) is 0 Å². The van der Waals surface area contributed by atoms with Gasteiger partial charge in [-0.1, -0.05) is 219 Å². The van der Waals surface area contributed by atoms with Crippen LogP contribution in [0.15, 0.2) is 122 Å². The molecule has 1 aliphatic heterocycles. The average Bonchev–Trinajstić information content (AvgIpc) is 3.35. The zero-order valence-electron chi connectivity index (χ0n) is 43.3. The van der Waals surface area contributed by atoms with Crippen molar-refractivity contribution in [3.63, 3.8) is 0 Å². The summed E-state index contributed by atoms with van der Waals surface area (Å²) in [6, 6.07) is -0.808. The van der Waals surface area contributed by atoms with Gasteiger partial charge >= 0.3 is 0 Å². The number of nitrogens with one attached hydrogen (secondary N) is 1. The molecule has 1 fully saturated rings. The minimum Gasteiger partial charge on any atom is -0.394 e. The smallest absolute Gasteiger partial charge is 0.220 e. The Morgan fingerprint density at radius 2 is 0.899 bits per heavy atom. The Hall–Kier alpha value is -3.41. The van der Waals surface area contributed by atoms with Crippen LogP contribution in [0.5, 0.6) is 0 Å². The lowest BCUT2D eigenvalue weighted by molar-refractivity contribution is -0.302. The Morgan fingerprint density at radius 1 is 0.507 bits per heavy atom. The monoisotopic (exact) mass is 962 g/mol. The van der Waals surface area contributed by atoms with Crippen molar-refractivity contribution in [2.75, 3.05) is 13.2 Å². The van der Waals surface area contributed by atoms with E-state index in [2.05, 4.69) is 129 Å². The largest absolute Gasteiger partial charge is 0.394 e. The summed E-state index contributed by atoms with van der Waals surface area (Å²) >= 11 is 0. The molecule has 7 atom stereocenters. The highest BCUT2D eigenvalue weighted by molar-refractivity contribution is 5.76. The number of amides is 1. The molecule has 9 heteroatoms. The van der Waals surface area contributed by atoms with Gasteiger partial charge in [-0.15, -0.1) is 0 Å². The highest BCUT2D eigenvalue weighted by Crippen LogP contribution is 2.22. The molecule has 1 amide bonds. The third-order valence-corrected chi connectivity index (χ3v) is 12.0. The Balaban J connectivity index is 2.02. The fourth-order valence-electron chi connectivity index (χ4n) is 7.74. The van der Waals surface area contributed by atoms with Gasteiger partial charge in [-0.3, -0.25) is 4.79 Å². The van der Waals surface area contributed by atoms with Gasteiger partial charge in [0.2, 0.25) is 5.91 Å². The molecule has 0 aromatic rings. The maximum atomic E-state index is 12.9. The molecule has 0 saturated carbocycles. The molecule has 0 bridgehead atoms. The predicted octanol–water partition coefficient (Wildman–Crippen LogP) is 13.2. The van der Waals surface area contributed by atoms with Gasteiger partial charge in [0.15, 0.2) is 6.29 Å². The minimum atomic E-state index is -1.57. The molecular formula is C60H99NO8. The molecule has 0 aliphatic carbocycles. The average molecular weight is 962 g/mol. The first kappa shape index (κ1) is 63.6. The molecule has 0 aromatic heterocycles. The first-order valence-corrected chi connectivity index (χ1v) is 27.3. The number of rotatable bonds is 44. The summed E-state index contributed by atoms with van der Waals surface area (Å²) in [5.41, 5.74) is 0. The highest BCUT2D eigenvalue weighted by atomic mass is 16.7. The summed E-state index contributed by atoms with van der Waals surface area (Å²) in [5, 5.41) is 53.8. The van der Waals surface area contributed by atoms with Gasteiger partial charge in [-0.2, -0.15) is 0 Å². The number of hydrogen-bond acceptors (Lipinski definition) is 8. The molecule has 0 spiro atoms. The standard InChI is InChI=1S/C60H99NO8/c1-3-5-7-9-10-11-12-13-14-15-16-17-18-19-20-21-22-23-24-25-26-27-28-29-30-31-32-33-34-35-36-37-38-39-40-41-42-43-44-46-48-50-56(64)61-53(54(63)49-47-45-8-6-4-2)52-68-60-59(67)58(66)57(65)55(51-62)69-60/h5,7,10-11,13-14,16-17,19-20,22-23,25-26,28-29,31-32,47,49,53-55,57-60,62-63,65-67H,3-4,6,8-9,12,15,18,21,24,27,30,33-46,48,50-52H2,1-2H3,(H,61,64)/b7-5-,11-10-,14-13-,17-16-,20-19-,23-22-,26-25-,29-28-,32-31-,49-47+. The fraction of sp³-hybridized carbons (Fsp3) is 0.650. The molecule has 6 N–H and O–H groups in total. The molecule has 1 saturated heterocycles. The van der Waals surface area contributed by atoms with Crippen molar-refractivity contribution in [3.8, 4) is 0 Å². The van der Waals surface area contributed by atoms with E-state index in [0.29, 0.717) is 6.42 Å². The number of hydrogen-bond donors (Lipinski definition) is 6. The molecule has 1 rings (SSSR count). The first-order chi connectivity index (χ1) is 33.8. The summed E-state index contributed by atoms with van der Waals surface area (Å²) in [5.74, 6) is -0.191. The second-order valence-corrected chi connectivity index (χ2v) is 18.3. The Morgan fingerprint density at radius 3 is 1.33 bits per heavy atom. The quantitative estimate of drug-likeness (QED) is 0.0261. The predicted molar refractivity (Wildman–Crippen MR) is 290 cm³/mol. The van der Waals surface area contributed by atoms with E-state index in [-0.39, 0.29) is 12.5 Å². The van der Waals surface area contributed by atoms with Crippen LogP contribution in [0.3, 0.4) is 0 Å². The normalized spacial score (nSPS) is 20.5. The molecule has 0 radical (unpaired) electrons. The van der Waals surface area contributed by atoms with E-state index in [0.717, 1.165) is 103 Å². The molecule has 69 heavy (non-hydrogen) atoms. The summed E-state index contributed by atoms with van der Waals surface area (Å²) in [4.78, 5) is 12.9. The van der Waals surface area contributed by atoms with Crippen LogP contribution >= 0.6 is 0 Å². The van der Waals surface area contributed by atoms with E-state index in [4.69, 9.17) is 9.47 Å². The Labute approximate surface area is 420 Å². The zero-order valence-corrected chi connectivity index (χ0v) is 43.3. The molecule has 7 unspecified atom stereocenters. The summed E-state index contributed by atoms with van der Waals surface area (Å²) in [6.07, 6.45) is 66.2. The van der Waals surface area contributed by atoms with Gasteiger partial charge in [0.25, 0.3) is 0 Å². The number of carbonyl (C=O) groups excluding carboxylic acids is 1. The van der Waals surface area contributed by atoms with Crippen molar-refractivity contribution in [2.24, 2.45) is 0 Å². The summed E-state index contributed by atoms with van der Waals surface area (Å²) in [7, 11) is 0. The van der Waals surface area contributed by atoms with Gasteiger partial charge in [0.05, 0.1) is 25.4 Å². The van der Waals surface area contributed by atoms with Gasteiger partial charge < -0.3 is 40.3 Å². The molecule has 9 nitrogen and oxygen atoms in total. The zero-order chi connectivity index (χ0) is 50.1. The van der Waals surface area contributed by atoms with E-state index in [1.165, 1.54) is 70.6 Å². The van der Waals surface area contributed by atoms with Crippen LogP contribution in [0.4, 0.5) is 0 Å². The van der Waals surface area contributed by atoms with Crippen molar-refractivity contribution in [3.05, 3.63) is 122 Å². The van der Waals surface area contributed by atoms with Crippen LogP contribution in [0.1, 0.15) is 194 Å². The third-order valence-electron chi connectivity index (χ3n) is 12.0. The van der Waals surface area contributed by atoms with Gasteiger partial charge in [0.1, 0.15) is 24.4 Å². The molecule has 1 aliphatic rings. The van der Waals surface area contributed by atoms with Crippen molar-refractivity contribution in [2.45, 2.75) is 236 Å². The second kappa shape index (κ2) is 48.2. The van der Waals surface area contributed by atoms with E-state index in [1.807, 2.05) is 6.08 Å². The third kappa shape index (κ3) is 38.0. The molecule has 0 aromatic carbocycles. The Kier molecular flexibility index (Phi) is 44.5. The van der Waals surface area contributed by atoms with Gasteiger partial charge in [0, 0.05) is 6.42 Å². The lowest BCUT2D eigenvalue weighted by Crippen LogP contribution is -2.60. The topological polar surface area (TPSA) is 149 Å². The highest BCUT2D eigenvalue weighted by Gasteiger charge is 2.44. The van der Waals surface area contributed by atoms with Crippen molar-refractivity contribution in [1.82, 2.24) is 5.32 Å². The van der Waals surface area contributed by atoms with Crippen molar-refractivity contribution < 1.29 is 39.8 Å². The second-order valence-electron chi connectivity index (χ2n) is 18.3. The van der Waals surface area contributed by atoms with Crippen LogP contribution in [-0.2, 0) is 14.3 Å². The van der Waals surface area contributed by atoms with Crippen LogP contribution in [-0.4, -0.2) is 87.5 Å². The SMILES string of the molecule is CC/C=C\C/C=C\C/C=C\C/C=C\C/C=C\C/C=C\C/C=C\C/C=C\C/C=C\CCCCCCCCCCCCCCCC(=O)NC(COC1OC(CO)C(O)C(O)C1O)C(O)/C=C/CCCCC. The summed E-state index contributed by atoms with van der Waals surface area (Å²) < 4.78 is 11.1. The van der Waals surface area contributed by atoms with E-state index in [9.17, 15) is 30.3 Å². The van der Waals surface area contributed by atoms with Crippen molar-refractivity contribution in [1.29, 1.82) is 0 Å². The lowest BCUT2D eigenvalue weighted by Gasteiger charge is -2.40. The maximum Gasteiger partial charge on any atom is 0.220 e. The lowest BCUT2D eigenvalue weighted by atomic mass is 9.99. The number of aliphatic hydroxyl groups excluding tert-OH is 5. The number of aliphatic hydroxyl groups is 5. The van der Waals surface area contributed by atoms with Crippen LogP contribution in [0.25, 0.3) is 0 Å². The van der Waals surface area contributed by atoms with Crippen molar-refractivity contribution >= 4 is 5.91 Å². The number of allylic oxidation sites excluding steroid dienone is 19. The van der Waals surface area contributed by atoms with E-state index < -0.39 is 49.5 Å².